The number of nitrogens with two attached hydrogens (primary N) is 1. The van der Waals surface area contributed by atoms with Crippen LogP contribution in [0.25, 0.3) is 0 Å². The fraction of sp³-hybridized carbons (Fsp3) is 0.417. The molecule has 0 bridgehead atoms. The summed E-state index contributed by atoms with van der Waals surface area (Å²) in [6, 6.07) is 2.01. The van der Waals surface area contributed by atoms with Crippen LogP contribution in [0.2, 0.25) is 0 Å². The minimum Gasteiger partial charge on any atom is -0.409 e. The smallest absolute Gasteiger partial charge is 0.196 e. The van der Waals surface area contributed by atoms with Crippen LogP contribution in [0.1, 0.15) is 19.3 Å². The summed E-state index contributed by atoms with van der Waals surface area (Å²) in [7, 11) is 0. The van der Waals surface area contributed by atoms with Gasteiger partial charge in [-0.3, -0.25) is 0 Å². The molecule has 2 rings (SSSR count). The van der Waals surface area contributed by atoms with Gasteiger partial charge in [-0.1, -0.05) is 5.16 Å². The van der Waals surface area contributed by atoms with Gasteiger partial charge in [0.2, 0.25) is 0 Å². The normalized spacial score (nSPS) is 17.3. The highest BCUT2D eigenvalue weighted by Gasteiger charge is 2.43. The third-order valence-electron chi connectivity index (χ3n) is 3.33. The molecule has 4 N–H and O–H groups in total. The fourth-order valence-electron chi connectivity index (χ4n) is 1.96. The van der Waals surface area contributed by atoms with Gasteiger partial charge >= 0.3 is 0 Å². The monoisotopic (exact) mass is 273 g/mol. The fourth-order valence-corrected chi connectivity index (χ4v) is 1.96. The largest absolute Gasteiger partial charge is 0.409 e. The van der Waals surface area contributed by atoms with E-state index in [0.29, 0.717) is 13.0 Å². The van der Waals surface area contributed by atoms with E-state index in [9.17, 15) is 13.2 Å². The van der Waals surface area contributed by atoms with Gasteiger partial charge in [0.15, 0.2) is 17.5 Å². The first-order valence-corrected chi connectivity index (χ1v) is 5.81. The van der Waals surface area contributed by atoms with Gasteiger partial charge in [-0.25, -0.2) is 13.2 Å². The minimum atomic E-state index is -1.49. The van der Waals surface area contributed by atoms with E-state index in [4.69, 9.17) is 10.9 Å². The maximum absolute atomic E-state index is 13.4. The first kappa shape index (κ1) is 13.5. The van der Waals surface area contributed by atoms with Gasteiger partial charge in [0.25, 0.3) is 0 Å². The number of halogens is 3. The van der Waals surface area contributed by atoms with Crippen LogP contribution in [0, 0.1) is 22.9 Å². The Kier molecular flexibility index (Phi) is 3.55. The summed E-state index contributed by atoms with van der Waals surface area (Å²) < 4.78 is 39.2. The van der Waals surface area contributed by atoms with Gasteiger partial charge in [0, 0.05) is 13.0 Å². The number of hydrogen-bond donors (Lipinski definition) is 3. The maximum atomic E-state index is 13.4. The molecule has 1 aliphatic carbocycles. The molecule has 0 heterocycles. The number of amidine groups is 1. The van der Waals surface area contributed by atoms with E-state index in [1.54, 1.807) is 0 Å². The highest BCUT2D eigenvalue weighted by atomic mass is 19.2. The van der Waals surface area contributed by atoms with Gasteiger partial charge in [-0.2, -0.15) is 0 Å². The van der Waals surface area contributed by atoms with Gasteiger partial charge in [0.05, 0.1) is 5.69 Å². The van der Waals surface area contributed by atoms with Crippen LogP contribution in [-0.4, -0.2) is 17.6 Å². The van der Waals surface area contributed by atoms with Crippen LogP contribution in [0.4, 0.5) is 18.9 Å². The molecular formula is C12H14F3N3O. The van der Waals surface area contributed by atoms with E-state index in [1.165, 1.54) is 0 Å². The molecule has 0 saturated heterocycles. The van der Waals surface area contributed by atoms with Crippen molar-refractivity contribution in [3.05, 3.63) is 29.6 Å². The lowest BCUT2D eigenvalue weighted by molar-refractivity contribution is 0.315. The van der Waals surface area contributed by atoms with Crippen molar-refractivity contribution in [1.29, 1.82) is 0 Å². The summed E-state index contributed by atoms with van der Waals surface area (Å²) in [5, 5.41) is 14.1. The predicted octanol–water partition coefficient (Wildman–Crippen LogP) is 2.43. The molecule has 0 aromatic heterocycles. The van der Waals surface area contributed by atoms with Crippen LogP contribution in [0.15, 0.2) is 17.3 Å². The standard InChI is InChI=1S/C12H14F3N3O/c13-7-1-2-8(11(15)10(7)14)17-6-12(3-4-12)5-9(16)18-19/h1-2,17,19H,3-6H2,(H2,16,18). The second kappa shape index (κ2) is 4.99. The van der Waals surface area contributed by atoms with Crippen LogP contribution in [0.5, 0.6) is 0 Å². The molecule has 1 aliphatic rings. The van der Waals surface area contributed by atoms with Crippen LogP contribution < -0.4 is 11.1 Å². The molecule has 7 heteroatoms. The van der Waals surface area contributed by atoms with Gasteiger partial charge < -0.3 is 16.3 Å². The Labute approximate surface area is 108 Å². The van der Waals surface area contributed by atoms with E-state index in [2.05, 4.69) is 10.5 Å². The van der Waals surface area contributed by atoms with Crippen LogP contribution >= 0.6 is 0 Å². The first-order chi connectivity index (χ1) is 8.97. The molecule has 104 valence electrons. The van der Waals surface area contributed by atoms with E-state index in [0.717, 1.165) is 25.0 Å². The highest BCUT2D eigenvalue weighted by molar-refractivity contribution is 5.80. The molecule has 1 aromatic rings. The topological polar surface area (TPSA) is 70.6 Å². The van der Waals surface area contributed by atoms with Crippen molar-refractivity contribution < 1.29 is 18.4 Å². The Morgan fingerprint density at radius 2 is 2.00 bits per heavy atom. The Hall–Kier alpha value is -1.92. The number of hydrogen-bond acceptors (Lipinski definition) is 3. The first-order valence-electron chi connectivity index (χ1n) is 5.81. The highest BCUT2D eigenvalue weighted by Crippen LogP contribution is 2.48. The number of benzene rings is 1. The van der Waals surface area contributed by atoms with Crippen LogP contribution in [-0.2, 0) is 0 Å². The lowest BCUT2D eigenvalue weighted by Gasteiger charge is -2.16. The molecule has 0 unspecified atom stereocenters. The summed E-state index contributed by atoms with van der Waals surface area (Å²) in [6.07, 6.45) is 2.07. The van der Waals surface area contributed by atoms with Crippen molar-refractivity contribution in [3.63, 3.8) is 0 Å². The zero-order chi connectivity index (χ0) is 14.0. The molecule has 0 aliphatic heterocycles. The van der Waals surface area contributed by atoms with E-state index >= 15 is 0 Å². The number of nitrogens with zero attached hydrogens (tertiary/aromatic N) is 1. The van der Waals surface area contributed by atoms with Crippen molar-refractivity contribution in [3.8, 4) is 0 Å². The lowest BCUT2D eigenvalue weighted by atomic mass is 10.0. The van der Waals surface area contributed by atoms with Crippen LogP contribution in [0.3, 0.4) is 0 Å². The Bertz CT molecular complexity index is 515. The molecule has 0 atom stereocenters. The van der Waals surface area contributed by atoms with Crippen molar-refractivity contribution in [2.45, 2.75) is 19.3 Å². The molecule has 19 heavy (non-hydrogen) atoms. The molecule has 0 amide bonds. The van der Waals surface area contributed by atoms with Gasteiger partial charge in [-0.15, -0.1) is 0 Å². The van der Waals surface area contributed by atoms with Gasteiger partial charge in [0.1, 0.15) is 5.84 Å². The average molecular weight is 273 g/mol. The minimum absolute atomic E-state index is 0.0929. The SMILES string of the molecule is NC(CC1(CNc2ccc(F)c(F)c2F)CC1)=NO. The second-order valence-electron chi connectivity index (χ2n) is 4.84. The van der Waals surface area contributed by atoms with Crippen molar-refractivity contribution in [2.75, 3.05) is 11.9 Å². The summed E-state index contributed by atoms with van der Waals surface area (Å²) in [5.41, 5.74) is 5.14. The molecule has 4 nitrogen and oxygen atoms in total. The Balaban J connectivity index is 2.02. The maximum Gasteiger partial charge on any atom is 0.196 e. The molecule has 1 aromatic carbocycles. The zero-order valence-corrected chi connectivity index (χ0v) is 10.1. The molecule has 0 spiro atoms. The van der Waals surface area contributed by atoms with Crippen molar-refractivity contribution >= 4 is 11.5 Å². The third kappa shape index (κ3) is 2.91. The molecular weight excluding hydrogens is 259 g/mol. The zero-order valence-electron chi connectivity index (χ0n) is 10.1. The number of rotatable bonds is 5. The molecule has 0 radical (unpaired) electrons. The predicted molar refractivity (Wildman–Crippen MR) is 64.5 cm³/mol. The van der Waals surface area contributed by atoms with E-state index in [-0.39, 0.29) is 16.9 Å². The molecule has 1 saturated carbocycles. The van der Waals surface area contributed by atoms with Gasteiger partial charge in [-0.05, 0) is 30.4 Å². The summed E-state index contributed by atoms with van der Waals surface area (Å²) in [4.78, 5) is 0. The number of oxime groups is 1. The lowest BCUT2D eigenvalue weighted by Crippen LogP contribution is -2.24. The van der Waals surface area contributed by atoms with Crippen molar-refractivity contribution in [2.24, 2.45) is 16.3 Å². The third-order valence-corrected chi connectivity index (χ3v) is 3.33. The average Bonchev–Trinajstić information content (AvgIpc) is 3.15. The van der Waals surface area contributed by atoms with E-state index in [1.807, 2.05) is 0 Å². The Morgan fingerprint density at radius 1 is 1.32 bits per heavy atom. The molecule has 1 fully saturated rings. The Morgan fingerprint density at radius 3 is 2.58 bits per heavy atom. The number of nitrogens with one attached hydrogen (secondary N) is 1. The summed E-state index contributed by atoms with van der Waals surface area (Å²) in [5.74, 6) is -3.85. The summed E-state index contributed by atoms with van der Waals surface area (Å²) in [6.45, 7) is 0.352. The second-order valence-corrected chi connectivity index (χ2v) is 4.84. The van der Waals surface area contributed by atoms with E-state index < -0.39 is 17.5 Å². The quantitative estimate of drug-likeness (QED) is 0.254. The summed E-state index contributed by atoms with van der Waals surface area (Å²) >= 11 is 0. The van der Waals surface area contributed by atoms with Crippen molar-refractivity contribution in [1.82, 2.24) is 0 Å². The number of anilines is 1.